The molecule has 2 N–H and O–H groups in total. The summed E-state index contributed by atoms with van der Waals surface area (Å²) in [6.45, 7) is 3.15. The molecule has 0 amide bonds. The molecule has 3 nitrogen and oxygen atoms in total. The molecule has 0 aliphatic rings. The summed E-state index contributed by atoms with van der Waals surface area (Å²) in [5.74, 6) is 2.41. The third-order valence-electron chi connectivity index (χ3n) is 2.86. The molecule has 0 radical (unpaired) electrons. The predicted molar refractivity (Wildman–Crippen MR) is 72.2 cm³/mol. The Balaban J connectivity index is 3.26. The number of thioether (sulfide) groups is 1. The van der Waals surface area contributed by atoms with Crippen LogP contribution in [0.25, 0.3) is 0 Å². The summed E-state index contributed by atoms with van der Waals surface area (Å²) in [6.07, 6.45) is 4.59. The van der Waals surface area contributed by atoms with Crippen LogP contribution in [0, 0.1) is 0 Å². The highest BCUT2D eigenvalue weighted by atomic mass is 32.2. The Hall–Kier alpha value is 0.230. The second kappa shape index (κ2) is 10.4. The molecule has 98 valence electrons. The Kier molecular flexibility index (Phi) is 10.5. The van der Waals surface area contributed by atoms with Crippen LogP contribution in [0.5, 0.6) is 0 Å². The molecule has 0 heterocycles. The van der Waals surface area contributed by atoms with Gasteiger partial charge in [-0.1, -0.05) is 6.42 Å². The van der Waals surface area contributed by atoms with E-state index in [2.05, 4.69) is 12.2 Å². The van der Waals surface area contributed by atoms with E-state index in [9.17, 15) is 5.11 Å². The van der Waals surface area contributed by atoms with Crippen molar-refractivity contribution in [3.63, 3.8) is 0 Å². The van der Waals surface area contributed by atoms with Gasteiger partial charge in [-0.2, -0.15) is 11.8 Å². The molecule has 0 saturated carbocycles. The summed E-state index contributed by atoms with van der Waals surface area (Å²) in [7, 11) is 3.66. The molecule has 0 aliphatic carbocycles. The summed E-state index contributed by atoms with van der Waals surface area (Å²) in [4.78, 5) is 0. The minimum Gasteiger partial charge on any atom is -0.394 e. The Morgan fingerprint density at radius 3 is 2.50 bits per heavy atom. The zero-order valence-corrected chi connectivity index (χ0v) is 11.7. The van der Waals surface area contributed by atoms with Gasteiger partial charge in [0.1, 0.15) is 0 Å². The quantitative estimate of drug-likeness (QED) is 0.549. The number of ether oxygens (including phenoxy) is 1. The number of unbranched alkanes of at least 4 members (excludes halogenated alkanes) is 1. The lowest BCUT2D eigenvalue weighted by atomic mass is 9.96. The van der Waals surface area contributed by atoms with Crippen LogP contribution >= 0.6 is 11.8 Å². The first-order chi connectivity index (χ1) is 7.68. The van der Waals surface area contributed by atoms with Crippen LogP contribution in [0.15, 0.2) is 0 Å². The summed E-state index contributed by atoms with van der Waals surface area (Å²) in [5.41, 5.74) is -0.0965. The molecule has 0 saturated heterocycles. The van der Waals surface area contributed by atoms with Crippen molar-refractivity contribution < 1.29 is 9.84 Å². The molecule has 0 aliphatic heterocycles. The van der Waals surface area contributed by atoms with Gasteiger partial charge in [-0.3, -0.25) is 0 Å². The van der Waals surface area contributed by atoms with Crippen molar-refractivity contribution >= 4 is 11.8 Å². The lowest BCUT2D eigenvalue weighted by Gasteiger charge is -2.26. The lowest BCUT2D eigenvalue weighted by molar-refractivity contribution is 0.171. The van der Waals surface area contributed by atoms with Gasteiger partial charge < -0.3 is 15.2 Å². The van der Waals surface area contributed by atoms with Gasteiger partial charge in [-0.05, 0) is 44.7 Å². The van der Waals surface area contributed by atoms with Gasteiger partial charge in [0, 0.05) is 19.3 Å². The third-order valence-corrected chi connectivity index (χ3v) is 4.01. The lowest BCUT2D eigenvalue weighted by Crippen LogP contribution is -2.43. The second-order valence-electron chi connectivity index (χ2n) is 4.38. The highest BCUT2D eigenvalue weighted by molar-refractivity contribution is 7.99. The predicted octanol–water partition coefficient (Wildman–Crippen LogP) is 1.90. The molecule has 0 bridgehead atoms. The molecule has 0 rings (SSSR count). The summed E-state index contributed by atoms with van der Waals surface area (Å²) in [6, 6.07) is 0. The van der Waals surface area contributed by atoms with E-state index in [4.69, 9.17) is 4.74 Å². The van der Waals surface area contributed by atoms with Crippen molar-refractivity contribution in [1.29, 1.82) is 0 Å². The number of aliphatic hydroxyl groups is 1. The Labute approximate surface area is 104 Å². The second-order valence-corrected chi connectivity index (χ2v) is 5.61. The number of hydrogen-bond donors (Lipinski definition) is 2. The molecule has 0 aromatic heterocycles. The number of likely N-dealkylation sites (N-methyl/N-ethyl adjacent to an activating group) is 1. The summed E-state index contributed by atoms with van der Waals surface area (Å²) < 4.78 is 4.99. The standard InChI is InChI=1S/C12H27NO2S/c1-12(11-14,13-2)7-4-5-9-16-10-6-8-15-3/h13-14H,4-11H2,1-3H3. The van der Waals surface area contributed by atoms with Crippen molar-refractivity contribution in [3.8, 4) is 0 Å². The van der Waals surface area contributed by atoms with E-state index >= 15 is 0 Å². The first kappa shape index (κ1) is 16.2. The zero-order chi connectivity index (χ0) is 12.3. The molecular weight excluding hydrogens is 222 g/mol. The first-order valence-electron chi connectivity index (χ1n) is 6.05. The topological polar surface area (TPSA) is 41.5 Å². The van der Waals surface area contributed by atoms with E-state index < -0.39 is 0 Å². The first-order valence-corrected chi connectivity index (χ1v) is 7.20. The van der Waals surface area contributed by atoms with Crippen molar-refractivity contribution in [2.45, 2.75) is 38.1 Å². The summed E-state index contributed by atoms with van der Waals surface area (Å²) >= 11 is 2.00. The SMILES string of the molecule is CNC(C)(CO)CCCCSCCCOC. The Morgan fingerprint density at radius 1 is 1.25 bits per heavy atom. The highest BCUT2D eigenvalue weighted by Gasteiger charge is 2.19. The van der Waals surface area contributed by atoms with E-state index in [1.165, 1.54) is 24.3 Å². The molecule has 0 fully saturated rings. The van der Waals surface area contributed by atoms with Gasteiger partial charge in [-0.15, -0.1) is 0 Å². The number of methoxy groups -OCH3 is 1. The van der Waals surface area contributed by atoms with Crippen LogP contribution in [0.1, 0.15) is 32.6 Å². The Bertz CT molecular complexity index is 152. The molecular formula is C12H27NO2S. The van der Waals surface area contributed by atoms with E-state index in [1.54, 1.807) is 7.11 Å². The summed E-state index contributed by atoms with van der Waals surface area (Å²) in [5, 5.41) is 12.4. The molecule has 1 atom stereocenters. The van der Waals surface area contributed by atoms with E-state index in [0.717, 1.165) is 19.4 Å². The normalized spacial score (nSPS) is 15.0. The molecule has 16 heavy (non-hydrogen) atoms. The molecule has 0 aromatic carbocycles. The Morgan fingerprint density at radius 2 is 1.94 bits per heavy atom. The van der Waals surface area contributed by atoms with Crippen LogP contribution in [-0.2, 0) is 4.74 Å². The minimum atomic E-state index is -0.0965. The van der Waals surface area contributed by atoms with Gasteiger partial charge in [-0.25, -0.2) is 0 Å². The van der Waals surface area contributed by atoms with Gasteiger partial charge in [0.25, 0.3) is 0 Å². The fourth-order valence-corrected chi connectivity index (χ4v) is 2.34. The van der Waals surface area contributed by atoms with Crippen LogP contribution in [-0.4, -0.2) is 49.5 Å². The fraction of sp³-hybridized carbons (Fsp3) is 1.00. The van der Waals surface area contributed by atoms with Crippen molar-refractivity contribution in [2.24, 2.45) is 0 Å². The molecule has 1 unspecified atom stereocenters. The van der Waals surface area contributed by atoms with Crippen LogP contribution < -0.4 is 5.32 Å². The minimum absolute atomic E-state index is 0.0965. The fourth-order valence-electron chi connectivity index (χ4n) is 1.41. The van der Waals surface area contributed by atoms with E-state index in [0.29, 0.717) is 0 Å². The number of rotatable bonds is 11. The average molecular weight is 249 g/mol. The number of hydrogen-bond acceptors (Lipinski definition) is 4. The average Bonchev–Trinajstić information content (AvgIpc) is 2.32. The molecule has 4 heteroatoms. The number of nitrogens with one attached hydrogen (secondary N) is 1. The van der Waals surface area contributed by atoms with Gasteiger partial charge in [0.2, 0.25) is 0 Å². The van der Waals surface area contributed by atoms with Crippen molar-refractivity contribution in [2.75, 3.05) is 38.9 Å². The van der Waals surface area contributed by atoms with Gasteiger partial charge >= 0.3 is 0 Å². The van der Waals surface area contributed by atoms with Crippen LogP contribution in [0.3, 0.4) is 0 Å². The van der Waals surface area contributed by atoms with Crippen LogP contribution in [0.2, 0.25) is 0 Å². The van der Waals surface area contributed by atoms with Gasteiger partial charge in [0.05, 0.1) is 6.61 Å². The molecule has 0 spiro atoms. The number of aliphatic hydroxyl groups excluding tert-OH is 1. The van der Waals surface area contributed by atoms with E-state index in [-0.39, 0.29) is 12.1 Å². The maximum absolute atomic E-state index is 9.20. The highest BCUT2D eigenvalue weighted by Crippen LogP contribution is 2.14. The van der Waals surface area contributed by atoms with Gasteiger partial charge in [0.15, 0.2) is 0 Å². The van der Waals surface area contributed by atoms with Crippen molar-refractivity contribution in [3.05, 3.63) is 0 Å². The largest absolute Gasteiger partial charge is 0.394 e. The van der Waals surface area contributed by atoms with E-state index in [1.807, 2.05) is 18.8 Å². The monoisotopic (exact) mass is 249 g/mol. The third kappa shape index (κ3) is 8.39. The zero-order valence-electron chi connectivity index (χ0n) is 10.9. The molecule has 0 aromatic rings. The van der Waals surface area contributed by atoms with Crippen molar-refractivity contribution in [1.82, 2.24) is 5.32 Å². The maximum atomic E-state index is 9.20. The van der Waals surface area contributed by atoms with Crippen LogP contribution in [0.4, 0.5) is 0 Å². The smallest absolute Gasteiger partial charge is 0.0610 e. The maximum Gasteiger partial charge on any atom is 0.0610 e.